The lowest BCUT2D eigenvalue weighted by Crippen LogP contribution is -2.32. The zero-order chi connectivity index (χ0) is 20.6. The molecule has 1 N–H and O–H groups in total. The van der Waals surface area contributed by atoms with Gasteiger partial charge in [0.15, 0.2) is 5.60 Å². The molecule has 6 heteroatoms. The molecule has 0 amide bonds. The van der Waals surface area contributed by atoms with E-state index in [1.807, 2.05) is 19.9 Å². The highest BCUT2D eigenvalue weighted by atomic mass is 19.1. The standard InChI is InChI=1S/C22H23FO5/c1-12-13(2)18(7-5-14(12)6-8-19(24)25)27-11-15-9-16(23)10-17-20(15)28-22(3,4)21(17)26/h5,7,9-10H,6,8,11H2,1-4H3,(H,24,25). The number of benzene rings is 2. The fourth-order valence-electron chi connectivity index (χ4n) is 3.35. The number of Topliss-reactive ketones (excluding diaryl/α,β-unsaturated/α-hetero) is 1. The van der Waals surface area contributed by atoms with Crippen LogP contribution in [-0.4, -0.2) is 22.5 Å². The van der Waals surface area contributed by atoms with Crippen molar-refractivity contribution in [3.05, 3.63) is 57.9 Å². The fraction of sp³-hybridized carbons (Fsp3) is 0.364. The Morgan fingerprint density at radius 1 is 1.18 bits per heavy atom. The first-order chi connectivity index (χ1) is 13.1. The molecule has 1 heterocycles. The van der Waals surface area contributed by atoms with Crippen LogP contribution in [0.4, 0.5) is 4.39 Å². The van der Waals surface area contributed by atoms with Gasteiger partial charge in [0, 0.05) is 12.0 Å². The summed E-state index contributed by atoms with van der Waals surface area (Å²) in [5.41, 5.74) is 2.50. The largest absolute Gasteiger partial charge is 0.488 e. The van der Waals surface area contributed by atoms with E-state index in [1.165, 1.54) is 12.1 Å². The molecule has 0 spiro atoms. The van der Waals surface area contributed by atoms with Gasteiger partial charge in [-0.15, -0.1) is 0 Å². The van der Waals surface area contributed by atoms with Gasteiger partial charge in [-0.3, -0.25) is 9.59 Å². The van der Waals surface area contributed by atoms with Crippen molar-refractivity contribution in [1.29, 1.82) is 0 Å². The summed E-state index contributed by atoms with van der Waals surface area (Å²) in [7, 11) is 0. The van der Waals surface area contributed by atoms with Crippen LogP contribution in [-0.2, 0) is 17.8 Å². The number of aryl methyl sites for hydroxylation is 1. The van der Waals surface area contributed by atoms with E-state index in [1.54, 1.807) is 19.9 Å². The highest BCUT2D eigenvalue weighted by Gasteiger charge is 2.41. The van der Waals surface area contributed by atoms with Crippen LogP contribution in [0.3, 0.4) is 0 Å². The number of ether oxygens (including phenoxy) is 2. The number of carboxylic acid groups (broad SMARTS) is 1. The Labute approximate surface area is 163 Å². The summed E-state index contributed by atoms with van der Waals surface area (Å²) in [5.74, 6) is -0.612. The maximum Gasteiger partial charge on any atom is 0.303 e. The normalized spacial score (nSPS) is 14.5. The second-order valence-electron chi connectivity index (χ2n) is 7.54. The number of ketones is 1. The minimum Gasteiger partial charge on any atom is -0.488 e. The molecule has 148 valence electrons. The number of carbonyl (C=O) groups is 2. The number of carbonyl (C=O) groups excluding carboxylic acids is 1. The quantitative estimate of drug-likeness (QED) is 0.797. The summed E-state index contributed by atoms with van der Waals surface area (Å²) in [6.07, 6.45) is 0.516. The maximum absolute atomic E-state index is 14.0. The Kier molecular flexibility index (Phi) is 5.15. The van der Waals surface area contributed by atoms with Crippen molar-refractivity contribution in [2.75, 3.05) is 0 Å². The average Bonchev–Trinajstić information content (AvgIpc) is 2.85. The van der Waals surface area contributed by atoms with Crippen molar-refractivity contribution in [3.63, 3.8) is 0 Å². The zero-order valence-corrected chi connectivity index (χ0v) is 16.4. The lowest BCUT2D eigenvalue weighted by atomic mass is 9.98. The summed E-state index contributed by atoms with van der Waals surface area (Å²) in [5, 5.41) is 8.86. The summed E-state index contributed by atoms with van der Waals surface area (Å²) >= 11 is 0. The second-order valence-corrected chi connectivity index (χ2v) is 7.54. The molecule has 3 rings (SSSR count). The van der Waals surface area contributed by atoms with Gasteiger partial charge in [-0.05, 0) is 69.0 Å². The number of rotatable bonds is 6. The molecule has 5 nitrogen and oxygen atoms in total. The van der Waals surface area contributed by atoms with E-state index >= 15 is 0 Å². The predicted molar refractivity (Wildman–Crippen MR) is 102 cm³/mol. The highest BCUT2D eigenvalue weighted by Crippen LogP contribution is 2.39. The van der Waals surface area contributed by atoms with Crippen molar-refractivity contribution in [2.45, 2.75) is 52.7 Å². The smallest absolute Gasteiger partial charge is 0.303 e. The van der Waals surface area contributed by atoms with E-state index in [-0.39, 0.29) is 24.4 Å². The van der Waals surface area contributed by atoms with Crippen molar-refractivity contribution < 1.29 is 28.6 Å². The Bertz CT molecular complexity index is 962. The lowest BCUT2D eigenvalue weighted by molar-refractivity contribution is -0.136. The van der Waals surface area contributed by atoms with Crippen molar-refractivity contribution in [3.8, 4) is 11.5 Å². The van der Waals surface area contributed by atoms with E-state index in [2.05, 4.69) is 0 Å². The maximum atomic E-state index is 14.0. The average molecular weight is 386 g/mol. The molecule has 0 aliphatic carbocycles. The van der Waals surface area contributed by atoms with E-state index in [0.29, 0.717) is 23.5 Å². The molecule has 0 radical (unpaired) electrons. The number of aliphatic carboxylic acids is 1. The molecule has 0 bridgehead atoms. The van der Waals surface area contributed by atoms with Crippen LogP contribution in [0.15, 0.2) is 24.3 Å². The van der Waals surface area contributed by atoms with Crippen LogP contribution >= 0.6 is 0 Å². The molecule has 1 aliphatic heterocycles. The molecule has 0 fully saturated rings. The zero-order valence-electron chi connectivity index (χ0n) is 16.4. The fourth-order valence-corrected chi connectivity index (χ4v) is 3.35. The summed E-state index contributed by atoms with van der Waals surface area (Å²) in [6.45, 7) is 7.18. The predicted octanol–water partition coefficient (Wildman–Crippen LogP) is 4.39. The minimum atomic E-state index is -1.02. The van der Waals surface area contributed by atoms with Crippen molar-refractivity contribution >= 4 is 11.8 Å². The Balaban J connectivity index is 1.83. The van der Waals surface area contributed by atoms with Gasteiger partial charge in [-0.1, -0.05) is 6.07 Å². The molecule has 0 unspecified atom stereocenters. The molecule has 0 saturated heterocycles. The van der Waals surface area contributed by atoms with E-state index in [4.69, 9.17) is 14.6 Å². The highest BCUT2D eigenvalue weighted by molar-refractivity contribution is 6.07. The second kappa shape index (κ2) is 7.26. The first-order valence-corrected chi connectivity index (χ1v) is 9.10. The molecular formula is C22H23FO5. The van der Waals surface area contributed by atoms with Gasteiger partial charge in [0.1, 0.15) is 23.9 Å². The van der Waals surface area contributed by atoms with Crippen molar-refractivity contribution in [2.24, 2.45) is 0 Å². The first-order valence-electron chi connectivity index (χ1n) is 9.10. The Morgan fingerprint density at radius 3 is 2.57 bits per heavy atom. The van der Waals surface area contributed by atoms with Crippen LogP contribution in [0.2, 0.25) is 0 Å². The number of halogens is 1. The van der Waals surface area contributed by atoms with E-state index < -0.39 is 17.4 Å². The topological polar surface area (TPSA) is 72.8 Å². The van der Waals surface area contributed by atoms with Crippen LogP contribution < -0.4 is 9.47 Å². The third-order valence-corrected chi connectivity index (χ3v) is 5.12. The lowest BCUT2D eigenvalue weighted by Gasteiger charge is -2.18. The third-order valence-electron chi connectivity index (χ3n) is 5.12. The summed E-state index contributed by atoms with van der Waals surface area (Å²) in [6, 6.07) is 6.15. The minimum absolute atomic E-state index is 0.0538. The summed E-state index contributed by atoms with van der Waals surface area (Å²) < 4.78 is 25.7. The molecule has 28 heavy (non-hydrogen) atoms. The molecule has 2 aromatic rings. The van der Waals surface area contributed by atoms with E-state index in [0.717, 1.165) is 16.7 Å². The number of hydrogen-bond acceptors (Lipinski definition) is 4. The van der Waals surface area contributed by atoms with Crippen LogP contribution in [0.25, 0.3) is 0 Å². The van der Waals surface area contributed by atoms with Gasteiger partial charge >= 0.3 is 5.97 Å². The Morgan fingerprint density at radius 2 is 1.89 bits per heavy atom. The molecular weight excluding hydrogens is 363 g/mol. The van der Waals surface area contributed by atoms with Gasteiger partial charge in [-0.25, -0.2) is 4.39 Å². The monoisotopic (exact) mass is 386 g/mol. The number of hydrogen-bond donors (Lipinski definition) is 1. The number of carboxylic acids is 1. The van der Waals surface area contributed by atoms with Gasteiger partial charge < -0.3 is 14.6 Å². The van der Waals surface area contributed by atoms with Gasteiger partial charge in [0.25, 0.3) is 0 Å². The Hall–Kier alpha value is -2.89. The molecule has 0 aromatic heterocycles. The summed E-state index contributed by atoms with van der Waals surface area (Å²) in [4.78, 5) is 23.2. The van der Waals surface area contributed by atoms with E-state index in [9.17, 15) is 14.0 Å². The molecule has 0 saturated carbocycles. The van der Waals surface area contributed by atoms with Gasteiger partial charge in [0.2, 0.25) is 5.78 Å². The van der Waals surface area contributed by atoms with Crippen LogP contribution in [0, 0.1) is 19.7 Å². The van der Waals surface area contributed by atoms with Crippen LogP contribution in [0.5, 0.6) is 11.5 Å². The SMILES string of the molecule is Cc1c(CCC(=O)O)ccc(OCc2cc(F)cc3c2OC(C)(C)C3=O)c1C. The van der Waals surface area contributed by atoms with Gasteiger partial charge in [0.05, 0.1) is 5.56 Å². The molecule has 0 atom stereocenters. The van der Waals surface area contributed by atoms with Gasteiger partial charge in [-0.2, -0.15) is 0 Å². The number of fused-ring (bicyclic) bond motifs is 1. The molecule has 2 aromatic carbocycles. The first kappa shape index (κ1) is 19.9. The third kappa shape index (κ3) is 3.72. The molecule has 1 aliphatic rings. The van der Waals surface area contributed by atoms with Crippen LogP contribution in [0.1, 0.15) is 52.9 Å². The van der Waals surface area contributed by atoms with Crippen molar-refractivity contribution in [1.82, 2.24) is 0 Å².